The van der Waals surface area contributed by atoms with Gasteiger partial charge in [0.15, 0.2) is 0 Å². The highest BCUT2D eigenvalue weighted by atomic mass is 16.5. The first-order valence-electron chi connectivity index (χ1n) is 9.12. The Bertz CT molecular complexity index is 920. The first-order valence-corrected chi connectivity index (χ1v) is 9.12. The molecule has 3 rings (SSSR count). The number of esters is 1. The average molecular weight is 374 g/mol. The van der Waals surface area contributed by atoms with Gasteiger partial charge in [-0.3, -0.25) is 0 Å². The Morgan fingerprint density at radius 2 is 1.46 bits per heavy atom. The molecule has 2 N–H and O–H groups in total. The van der Waals surface area contributed by atoms with Crippen molar-refractivity contribution in [3.63, 3.8) is 0 Å². The molecule has 5 heteroatoms. The molecule has 0 unspecified atom stereocenters. The quantitative estimate of drug-likeness (QED) is 0.606. The van der Waals surface area contributed by atoms with E-state index in [2.05, 4.69) is 10.6 Å². The van der Waals surface area contributed by atoms with Gasteiger partial charge in [0.05, 0.1) is 12.2 Å². The predicted octanol–water partition coefficient (Wildman–Crippen LogP) is 4.85. The van der Waals surface area contributed by atoms with E-state index in [0.717, 1.165) is 22.4 Å². The number of hydrogen-bond donors (Lipinski definition) is 2. The number of carbonyl (C=O) groups is 2. The van der Waals surface area contributed by atoms with Crippen LogP contribution >= 0.6 is 0 Å². The van der Waals surface area contributed by atoms with Crippen molar-refractivity contribution in [3.05, 3.63) is 90.0 Å². The van der Waals surface area contributed by atoms with Crippen LogP contribution in [0.3, 0.4) is 0 Å². The second-order valence-corrected chi connectivity index (χ2v) is 6.17. The molecule has 0 saturated heterocycles. The summed E-state index contributed by atoms with van der Waals surface area (Å²) in [7, 11) is 0. The number of nitrogens with one attached hydrogen (secondary N) is 2. The molecule has 0 spiro atoms. The van der Waals surface area contributed by atoms with Crippen LogP contribution in [0.25, 0.3) is 11.1 Å². The number of amides is 2. The lowest BCUT2D eigenvalue weighted by Crippen LogP contribution is -2.28. The van der Waals surface area contributed by atoms with E-state index in [9.17, 15) is 9.59 Å². The van der Waals surface area contributed by atoms with Crippen molar-refractivity contribution in [2.45, 2.75) is 13.5 Å². The monoisotopic (exact) mass is 374 g/mol. The van der Waals surface area contributed by atoms with Crippen molar-refractivity contribution in [3.8, 4) is 11.1 Å². The molecule has 3 aromatic rings. The first kappa shape index (κ1) is 19.2. The van der Waals surface area contributed by atoms with E-state index >= 15 is 0 Å². The predicted molar refractivity (Wildman–Crippen MR) is 110 cm³/mol. The van der Waals surface area contributed by atoms with Crippen LogP contribution in [0.1, 0.15) is 22.8 Å². The van der Waals surface area contributed by atoms with Crippen LogP contribution < -0.4 is 10.6 Å². The van der Waals surface area contributed by atoms with E-state index in [0.29, 0.717) is 18.7 Å². The highest BCUT2D eigenvalue weighted by molar-refractivity contribution is 5.90. The van der Waals surface area contributed by atoms with E-state index in [1.54, 1.807) is 31.2 Å². The Morgan fingerprint density at radius 3 is 2.11 bits per heavy atom. The van der Waals surface area contributed by atoms with Gasteiger partial charge >= 0.3 is 12.0 Å². The number of anilines is 1. The molecule has 0 aromatic heterocycles. The van der Waals surface area contributed by atoms with E-state index in [1.165, 1.54) is 0 Å². The highest BCUT2D eigenvalue weighted by Gasteiger charge is 2.07. The van der Waals surface area contributed by atoms with E-state index in [4.69, 9.17) is 4.74 Å². The van der Waals surface area contributed by atoms with E-state index < -0.39 is 0 Å². The summed E-state index contributed by atoms with van der Waals surface area (Å²) >= 11 is 0. The molecule has 28 heavy (non-hydrogen) atoms. The Morgan fingerprint density at radius 1 is 0.821 bits per heavy atom. The van der Waals surface area contributed by atoms with Crippen molar-refractivity contribution >= 4 is 17.7 Å². The first-order chi connectivity index (χ1) is 13.7. The lowest BCUT2D eigenvalue weighted by Gasteiger charge is -2.09. The summed E-state index contributed by atoms with van der Waals surface area (Å²) in [6.07, 6.45) is 0. The number of ether oxygens (including phenoxy) is 1. The van der Waals surface area contributed by atoms with Crippen LogP contribution in [-0.4, -0.2) is 18.6 Å². The highest BCUT2D eigenvalue weighted by Crippen LogP contribution is 2.20. The molecular formula is C23H22N2O3. The number of benzene rings is 3. The van der Waals surface area contributed by atoms with Gasteiger partial charge in [-0.1, -0.05) is 54.6 Å². The molecule has 0 fully saturated rings. The molecule has 0 atom stereocenters. The smallest absolute Gasteiger partial charge is 0.338 e. The second-order valence-electron chi connectivity index (χ2n) is 6.17. The Kier molecular flexibility index (Phi) is 6.41. The maximum atomic E-state index is 12.1. The zero-order valence-corrected chi connectivity index (χ0v) is 15.6. The minimum Gasteiger partial charge on any atom is -0.462 e. The zero-order chi connectivity index (χ0) is 19.8. The normalized spacial score (nSPS) is 10.2. The number of rotatable bonds is 6. The van der Waals surface area contributed by atoms with Gasteiger partial charge < -0.3 is 15.4 Å². The summed E-state index contributed by atoms with van der Waals surface area (Å²) in [5, 5.41) is 5.61. The standard InChI is InChI=1S/C23H22N2O3/c1-2-28-22(26)20-10-8-17(9-11-20)16-24-23(27)25-21-14-12-19(13-15-21)18-6-4-3-5-7-18/h3-15H,2,16H2,1H3,(H2,24,25,27). The van der Waals surface area contributed by atoms with Gasteiger partial charge in [0.25, 0.3) is 0 Å². The van der Waals surface area contributed by atoms with E-state index in [-0.39, 0.29) is 12.0 Å². The number of carbonyl (C=O) groups excluding carboxylic acids is 2. The summed E-state index contributed by atoms with van der Waals surface area (Å²) in [6.45, 7) is 2.47. The van der Waals surface area contributed by atoms with Gasteiger partial charge in [0, 0.05) is 12.2 Å². The maximum Gasteiger partial charge on any atom is 0.338 e. The molecule has 0 aliphatic heterocycles. The molecule has 0 radical (unpaired) electrons. The van der Waals surface area contributed by atoms with Crippen LogP contribution in [0.4, 0.5) is 10.5 Å². The molecule has 0 aliphatic carbocycles. The summed E-state index contributed by atoms with van der Waals surface area (Å²) in [6, 6.07) is 24.4. The van der Waals surface area contributed by atoms with Gasteiger partial charge in [-0.05, 0) is 47.9 Å². The van der Waals surface area contributed by atoms with Gasteiger partial charge in [-0.2, -0.15) is 0 Å². The Balaban J connectivity index is 1.51. The van der Waals surface area contributed by atoms with Crippen molar-refractivity contribution < 1.29 is 14.3 Å². The van der Waals surface area contributed by atoms with Crippen LogP contribution in [0.5, 0.6) is 0 Å². The minimum atomic E-state index is -0.348. The van der Waals surface area contributed by atoms with Crippen LogP contribution in [0, 0.1) is 0 Å². The molecule has 2 amide bonds. The fourth-order valence-corrected chi connectivity index (χ4v) is 2.71. The molecular weight excluding hydrogens is 352 g/mol. The van der Waals surface area contributed by atoms with Gasteiger partial charge in [-0.25, -0.2) is 9.59 Å². The number of urea groups is 1. The zero-order valence-electron chi connectivity index (χ0n) is 15.6. The third-order valence-corrected chi connectivity index (χ3v) is 4.17. The SMILES string of the molecule is CCOC(=O)c1ccc(CNC(=O)Nc2ccc(-c3ccccc3)cc2)cc1. The summed E-state index contributed by atoms with van der Waals surface area (Å²) in [5.41, 5.74) is 4.32. The minimum absolute atomic E-state index is 0.290. The molecule has 3 aromatic carbocycles. The molecule has 0 saturated carbocycles. The van der Waals surface area contributed by atoms with Crippen LogP contribution in [0.2, 0.25) is 0 Å². The largest absolute Gasteiger partial charge is 0.462 e. The molecule has 0 bridgehead atoms. The maximum absolute atomic E-state index is 12.1. The third-order valence-electron chi connectivity index (χ3n) is 4.17. The lowest BCUT2D eigenvalue weighted by atomic mass is 10.1. The van der Waals surface area contributed by atoms with Gasteiger partial charge in [-0.15, -0.1) is 0 Å². The van der Waals surface area contributed by atoms with Gasteiger partial charge in [0.1, 0.15) is 0 Å². The van der Waals surface area contributed by atoms with Crippen molar-refractivity contribution in [2.75, 3.05) is 11.9 Å². The molecule has 5 nitrogen and oxygen atoms in total. The van der Waals surface area contributed by atoms with Crippen LogP contribution in [0.15, 0.2) is 78.9 Å². The average Bonchev–Trinajstić information content (AvgIpc) is 2.74. The fourth-order valence-electron chi connectivity index (χ4n) is 2.71. The van der Waals surface area contributed by atoms with Gasteiger partial charge in [0.2, 0.25) is 0 Å². The summed E-state index contributed by atoms with van der Waals surface area (Å²) < 4.78 is 4.95. The van der Waals surface area contributed by atoms with E-state index in [1.807, 2.05) is 54.6 Å². The fraction of sp³-hybridized carbons (Fsp3) is 0.130. The lowest BCUT2D eigenvalue weighted by molar-refractivity contribution is 0.0526. The molecule has 0 heterocycles. The van der Waals surface area contributed by atoms with Crippen LogP contribution in [-0.2, 0) is 11.3 Å². The Labute approximate surface area is 164 Å². The summed E-state index contributed by atoms with van der Waals surface area (Å²) in [5.74, 6) is -0.348. The topological polar surface area (TPSA) is 67.4 Å². The third kappa shape index (κ3) is 5.20. The van der Waals surface area contributed by atoms with Crippen molar-refractivity contribution in [1.82, 2.24) is 5.32 Å². The molecule has 0 aliphatic rings. The van der Waals surface area contributed by atoms with Crippen molar-refractivity contribution in [1.29, 1.82) is 0 Å². The molecule has 142 valence electrons. The Hall–Kier alpha value is -3.60. The second kappa shape index (κ2) is 9.37. The summed E-state index contributed by atoms with van der Waals surface area (Å²) in [4.78, 5) is 23.7. The van der Waals surface area contributed by atoms with Crippen molar-refractivity contribution in [2.24, 2.45) is 0 Å². The number of hydrogen-bond acceptors (Lipinski definition) is 3.